The molecule has 2 aromatic carbocycles. The second-order valence-corrected chi connectivity index (χ2v) is 8.73. The maximum atomic E-state index is 6.26. The lowest BCUT2D eigenvalue weighted by Crippen LogP contribution is -2.15. The Hall–Kier alpha value is -1.06. The third kappa shape index (κ3) is 4.07. The third-order valence-electron chi connectivity index (χ3n) is 4.11. The molecular formula is C20H24OS2. The van der Waals surface area contributed by atoms with Crippen molar-refractivity contribution in [2.24, 2.45) is 0 Å². The van der Waals surface area contributed by atoms with E-state index in [0.717, 1.165) is 30.1 Å². The molecular weight excluding hydrogens is 320 g/mol. The van der Waals surface area contributed by atoms with E-state index in [1.807, 2.05) is 23.5 Å². The molecule has 0 aliphatic carbocycles. The van der Waals surface area contributed by atoms with Crippen LogP contribution in [0.25, 0.3) is 0 Å². The largest absolute Gasteiger partial charge is 0.485 e. The van der Waals surface area contributed by atoms with Crippen molar-refractivity contribution in [3.05, 3.63) is 65.2 Å². The van der Waals surface area contributed by atoms with Crippen LogP contribution in [0.1, 0.15) is 47.6 Å². The minimum Gasteiger partial charge on any atom is -0.485 e. The molecule has 0 bridgehead atoms. The monoisotopic (exact) mass is 344 g/mol. The summed E-state index contributed by atoms with van der Waals surface area (Å²) in [6.45, 7) is 4.47. The highest BCUT2D eigenvalue weighted by atomic mass is 32.2. The van der Waals surface area contributed by atoms with E-state index in [9.17, 15) is 0 Å². The summed E-state index contributed by atoms with van der Waals surface area (Å²) in [5.74, 6) is 3.37. The molecule has 0 saturated heterocycles. The first-order chi connectivity index (χ1) is 11.3. The summed E-state index contributed by atoms with van der Waals surface area (Å²) in [7, 11) is 0. The third-order valence-corrected chi connectivity index (χ3v) is 6.74. The summed E-state index contributed by atoms with van der Waals surface area (Å²) in [5.41, 5.74) is 4.08. The van der Waals surface area contributed by atoms with Crippen molar-refractivity contribution >= 4 is 23.5 Å². The summed E-state index contributed by atoms with van der Waals surface area (Å²) in [5, 5.41) is 0. The average Bonchev–Trinajstić information content (AvgIpc) is 2.61. The Bertz CT molecular complexity index is 621. The molecule has 0 aromatic heterocycles. The number of hydrogen-bond acceptors (Lipinski definition) is 3. The lowest BCUT2D eigenvalue weighted by Gasteiger charge is -2.27. The fourth-order valence-corrected chi connectivity index (χ4v) is 5.49. The van der Waals surface area contributed by atoms with Crippen LogP contribution in [0, 0.1) is 0 Å². The molecule has 0 N–H and O–H groups in total. The molecule has 0 saturated carbocycles. The van der Waals surface area contributed by atoms with Gasteiger partial charge in [-0.2, -0.15) is 0 Å². The van der Waals surface area contributed by atoms with Gasteiger partial charge in [0.25, 0.3) is 0 Å². The molecule has 1 aliphatic rings. The molecule has 3 rings (SSSR count). The molecule has 0 amide bonds. The van der Waals surface area contributed by atoms with Crippen molar-refractivity contribution in [2.75, 3.05) is 11.5 Å². The van der Waals surface area contributed by atoms with Gasteiger partial charge >= 0.3 is 0 Å². The molecule has 2 aromatic rings. The number of aryl methyl sites for hydroxylation is 1. The normalized spacial score (nSPS) is 16.9. The predicted octanol–water partition coefficient (Wildman–Crippen LogP) is 6.26. The van der Waals surface area contributed by atoms with Gasteiger partial charge in [0, 0.05) is 0 Å². The molecule has 0 radical (unpaired) electrons. The molecule has 1 aliphatic heterocycles. The van der Waals surface area contributed by atoms with Crippen LogP contribution in [-0.2, 0) is 6.42 Å². The summed E-state index contributed by atoms with van der Waals surface area (Å²) in [6, 6.07) is 17.4. The van der Waals surface area contributed by atoms with Gasteiger partial charge in [0.2, 0.25) is 0 Å². The van der Waals surface area contributed by atoms with Crippen LogP contribution < -0.4 is 4.74 Å². The molecule has 122 valence electrons. The van der Waals surface area contributed by atoms with E-state index in [1.165, 1.54) is 16.7 Å². The molecule has 1 atom stereocenters. The highest BCUT2D eigenvalue weighted by molar-refractivity contribution is 8.16. The fraction of sp³-hybridized carbons (Fsp3) is 0.400. The highest BCUT2D eigenvalue weighted by Crippen LogP contribution is 2.42. The minimum atomic E-state index is 0.195. The van der Waals surface area contributed by atoms with E-state index in [2.05, 4.69) is 62.4 Å². The minimum absolute atomic E-state index is 0.195. The predicted molar refractivity (Wildman–Crippen MR) is 104 cm³/mol. The van der Waals surface area contributed by atoms with E-state index in [0.29, 0.717) is 4.58 Å². The van der Waals surface area contributed by atoms with Crippen LogP contribution in [-0.4, -0.2) is 11.5 Å². The lowest BCUT2D eigenvalue weighted by atomic mass is 9.96. The first kappa shape index (κ1) is 16.8. The smallest absolute Gasteiger partial charge is 0.124 e. The second kappa shape index (κ2) is 8.16. The van der Waals surface area contributed by atoms with E-state index in [4.69, 9.17) is 4.74 Å². The van der Waals surface area contributed by atoms with Gasteiger partial charge in [0.15, 0.2) is 0 Å². The molecule has 23 heavy (non-hydrogen) atoms. The van der Waals surface area contributed by atoms with Crippen molar-refractivity contribution in [1.82, 2.24) is 0 Å². The van der Waals surface area contributed by atoms with Crippen molar-refractivity contribution in [3.63, 3.8) is 0 Å². The molecule has 0 spiro atoms. The molecule has 0 fully saturated rings. The number of thioether (sulfide) groups is 2. The summed E-state index contributed by atoms with van der Waals surface area (Å²) in [4.78, 5) is 0. The van der Waals surface area contributed by atoms with Crippen LogP contribution in [0.15, 0.2) is 48.5 Å². The summed E-state index contributed by atoms with van der Waals surface area (Å²) >= 11 is 4.05. The Morgan fingerprint density at radius 2 is 1.78 bits per heavy atom. The van der Waals surface area contributed by atoms with Gasteiger partial charge in [0.1, 0.15) is 11.9 Å². The number of hydrogen-bond donors (Lipinski definition) is 0. The van der Waals surface area contributed by atoms with Gasteiger partial charge in [-0.15, -0.1) is 23.5 Å². The quantitative estimate of drug-likeness (QED) is 0.573. The van der Waals surface area contributed by atoms with Crippen molar-refractivity contribution in [3.8, 4) is 5.75 Å². The number of ether oxygens (including phenoxy) is 1. The van der Waals surface area contributed by atoms with Gasteiger partial charge in [-0.1, -0.05) is 56.3 Å². The molecule has 1 unspecified atom stereocenters. The second-order valence-electron chi connectivity index (χ2n) is 5.67. The fourth-order valence-electron chi connectivity index (χ4n) is 3.00. The van der Waals surface area contributed by atoms with Crippen molar-refractivity contribution in [2.45, 2.75) is 37.4 Å². The van der Waals surface area contributed by atoms with Crippen molar-refractivity contribution < 1.29 is 4.74 Å². The van der Waals surface area contributed by atoms with Crippen LogP contribution in [0.3, 0.4) is 0 Å². The van der Waals surface area contributed by atoms with Crippen LogP contribution >= 0.6 is 23.5 Å². The SMILES string of the molecule is CCSC(SCC)c1ccc2c(c1)CCC(c1ccccc1)O2. The average molecular weight is 345 g/mol. The zero-order chi connectivity index (χ0) is 16.1. The van der Waals surface area contributed by atoms with Crippen LogP contribution in [0.4, 0.5) is 0 Å². The summed E-state index contributed by atoms with van der Waals surface area (Å²) in [6.07, 6.45) is 2.36. The first-order valence-corrected chi connectivity index (χ1v) is 10.5. The Morgan fingerprint density at radius 1 is 1.04 bits per heavy atom. The Kier molecular flexibility index (Phi) is 5.96. The highest BCUT2D eigenvalue weighted by Gasteiger charge is 2.22. The van der Waals surface area contributed by atoms with E-state index < -0.39 is 0 Å². The molecule has 1 nitrogen and oxygen atoms in total. The van der Waals surface area contributed by atoms with Crippen LogP contribution in [0.2, 0.25) is 0 Å². The van der Waals surface area contributed by atoms with Crippen LogP contribution in [0.5, 0.6) is 5.75 Å². The Labute approximate surface area is 148 Å². The van der Waals surface area contributed by atoms with E-state index in [-0.39, 0.29) is 6.10 Å². The maximum Gasteiger partial charge on any atom is 0.124 e. The zero-order valence-electron chi connectivity index (χ0n) is 13.8. The van der Waals surface area contributed by atoms with Gasteiger partial charge in [-0.05, 0) is 47.1 Å². The number of benzene rings is 2. The van der Waals surface area contributed by atoms with Crippen molar-refractivity contribution in [1.29, 1.82) is 0 Å². The standard InChI is InChI=1S/C20H24OS2/c1-3-22-20(23-4-2)17-11-13-19-16(14-17)10-12-18(21-19)15-8-6-5-7-9-15/h5-9,11,13-14,18,20H,3-4,10,12H2,1-2H3. The van der Waals surface area contributed by atoms with Gasteiger partial charge < -0.3 is 4.74 Å². The van der Waals surface area contributed by atoms with E-state index in [1.54, 1.807) is 0 Å². The van der Waals surface area contributed by atoms with E-state index >= 15 is 0 Å². The molecule has 1 heterocycles. The topological polar surface area (TPSA) is 9.23 Å². The summed E-state index contributed by atoms with van der Waals surface area (Å²) < 4.78 is 6.80. The lowest BCUT2D eigenvalue weighted by molar-refractivity contribution is 0.176. The van der Waals surface area contributed by atoms with Gasteiger partial charge in [-0.25, -0.2) is 0 Å². The Balaban J connectivity index is 1.78. The van der Waals surface area contributed by atoms with Gasteiger partial charge in [0.05, 0.1) is 4.58 Å². The number of fused-ring (bicyclic) bond motifs is 1. The Morgan fingerprint density at radius 3 is 2.48 bits per heavy atom. The zero-order valence-corrected chi connectivity index (χ0v) is 15.5. The molecule has 3 heteroatoms. The number of rotatable bonds is 6. The first-order valence-electron chi connectivity index (χ1n) is 8.39. The van der Waals surface area contributed by atoms with Gasteiger partial charge in [-0.3, -0.25) is 0 Å². The maximum absolute atomic E-state index is 6.26.